The van der Waals surface area contributed by atoms with Crippen LogP contribution in [-0.4, -0.2) is 34.6 Å². The van der Waals surface area contributed by atoms with Crippen LogP contribution in [0.4, 0.5) is 0 Å². The third-order valence-corrected chi connectivity index (χ3v) is 3.53. The first-order valence-electron chi connectivity index (χ1n) is 6.29. The van der Waals surface area contributed by atoms with Crippen LogP contribution < -0.4 is 0 Å². The zero-order valence-electron chi connectivity index (χ0n) is 10.9. The van der Waals surface area contributed by atoms with Gasteiger partial charge in [0.1, 0.15) is 0 Å². The predicted molar refractivity (Wildman–Crippen MR) is 72.0 cm³/mol. The molecule has 0 spiro atoms. The van der Waals surface area contributed by atoms with E-state index in [1.807, 2.05) is 44.2 Å². The summed E-state index contributed by atoms with van der Waals surface area (Å²) in [4.78, 5) is 13.5. The fourth-order valence-corrected chi connectivity index (χ4v) is 2.08. The van der Waals surface area contributed by atoms with Crippen molar-refractivity contribution >= 4 is 12.0 Å². The molecule has 0 atom stereocenters. The monoisotopic (exact) mass is 245 g/mol. The Balaban J connectivity index is 1.95. The third-order valence-electron chi connectivity index (χ3n) is 3.53. The van der Waals surface area contributed by atoms with Crippen molar-refractivity contribution < 1.29 is 9.90 Å². The molecule has 1 aromatic carbocycles. The predicted octanol–water partition coefficient (Wildman–Crippen LogP) is 1.99. The Morgan fingerprint density at radius 2 is 2.11 bits per heavy atom. The molecule has 2 rings (SSSR count). The molecule has 1 heterocycles. The van der Waals surface area contributed by atoms with Gasteiger partial charge in [-0.3, -0.25) is 4.79 Å². The second-order valence-electron chi connectivity index (χ2n) is 4.96. The van der Waals surface area contributed by atoms with E-state index in [1.54, 1.807) is 11.0 Å². The summed E-state index contributed by atoms with van der Waals surface area (Å²) in [7, 11) is 0. The number of aryl methyl sites for hydroxylation is 1. The summed E-state index contributed by atoms with van der Waals surface area (Å²) in [6.07, 6.45) is 4.11. The van der Waals surface area contributed by atoms with Crippen LogP contribution in [0.25, 0.3) is 6.08 Å². The van der Waals surface area contributed by atoms with Crippen LogP contribution >= 0.6 is 0 Å². The fraction of sp³-hybridized carbons (Fsp3) is 0.400. The average Bonchev–Trinajstić information content (AvgIpc) is 2.33. The number of hydrogen-bond donors (Lipinski definition) is 1. The quantitative estimate of drug-likeness (QED) is 0.827. The number of rotatable bonds is 3. The van der Waals surface area contributed by atoms with E-state index < -0.39 is 5.60 Å². The summed E-state index contributed by atoms with van der Waals surface area (Å²) < 4.78 is 0. The number of amides is 1. The van der Waals surface area contributed by atoms with E-state index >= 15 is 0 Å². The van der Waals surface area contributed by atoms with Crippen LogP contribution in [0.3, 0.4) is 0 Å². The molecular weight excluding hydrogens is 226 g/mol. The van der Waals surface area contributed by atoms with Crippen molar-refractivity contribution in [3.05, 3.63) is 41.5 Å². The molecule has 1 saturated heterocycles. The Morgan fingerprint density at radius 3 is 2.72 bits per heavy atom. The molecule has 1 N–H and O–H groups in total. The maximum atomic E-state index is 11.8. The van der Waals surface area contributed by atoms with Crippen LogP contribution in [0.1, 0.15) is 24.5 Å². The summed E-state index contributed by atoms with van der Waals surface area (Å²) in [6.45, 7) is 4.84. The van der Waals surface area contributed by atoms with Crippen molar-refractivity contribution in [2.75, 3.05) is 13.1 Å². The van der Waals surface area contributed by atoms with E-state index in [4.69, 9.17) is 0 Å². The van der Waals surface area contributed by atoms with Crippen LogP contribution in [-0.2, 0) is 4.79 Å². The number of carbonyl (C=O) groups excluding carboxylic acids is 1. The van der Waals surface area contributed by atoms with Gasteiger partial charge < -0.3 is 10.0 Å². The molecule has 1 amide bonds. The highest BCUT2D eigenvalue weighted by Gasteiger charge is 2.41. The normalized spacial score (nSPS) is 17.8. The second-order valence-corrected chi connectivity index (χ2v) is 4.96. The second kappa shape index (κ2) is 4.94. The van der Waals surface area contributed by atoms with Gasteiger partial charge >= 0.3 is 0 Å². The van der Waals surface area contributed by atoms with Crippen molar-refractivity contribution in [2.24, 2.45) is 0 Å². The molecule has 18 heavy (non-hydrogen) atoms. The zero-order chi connectivity index (χ0) is 13.2. The lowest BCUT2D eigenvalue weighted by Gasteiger charge is -2.45. The minimum Gasteiger partial charge on any atom is -0.386 e. The van der Waals surface area contributed by atoms with Crippen molar-refractivity contribution in [3.63, 3.8) is 0 Å². The highest BCUT2D eigenvalue weighted by molar-refractivity contribution is 5.92. The van der Waals surface area contributed by atoms with Crippen molar-refractivity contribution in [2.45, 2.75) is 25.9 Å². The minimum absolute atomic E-state index is 0.0311. The number of benzene rings is 1. The van der Waals surface area contributed by atoms with Gasteiger partial charge in [0.2, 0.25) is 5.91 Å². The Kier molecular flexibility index (Phi) is 3.53. The lowest BCUT2D eigenvalue weighted by atomic mass is 9.91. The van der Waals surface area contributed by atoms with Gasteiger partial charge in [-0.2, -0.15) is 0 Å². The van der Waals surface area contributed by atoms with Crippen molar-refractivity contribution in [3.8, 4) is 0 Å². The highest BCUT2D eigenvalue weighted by atomic mass is 16.3. The minimum atomic E-state index is -0.661. The maximum Gasteiger partial charge on any atom is 0.246 e. The largest absolute Gasteiger partial charge is 0.386 e. The molecule has 3 nitrogen and oxygen atoms in total. The van der Waals surface area contributed by atoms with E-state index in [9.17, 15) is 9.90 Å². The third kappa shape index (κ3) is 2.62. The zero-order valence-corrected chi connectivity index (χ0v) is 10.9. The van der Waals surface area contributed by atoms with Gasteiger partial charge in [-0.15, -0.1) is 0 Å². The summed E-state index contributed by atoms with van der Waals surface area (Å²) in [5.41, 5.74) is 1.54. The van der Waals surface area contributed by atoms with Gasteiger partial charge in [-0.1, -0.05) is 31.2 Å². The number of carbonyl (C=O) groups is 1. The van der Waals surface area contributed by atoms with E-state index in [0.29, 0.717) is 19.5 Å². The molecule has 1 aromatic rings. The molecule has 0 aliphatic carbocycles. The van der Waals surface area contributed by atoms with Gasteiger partial charge in [-0.25, -0.2) is 0 Å². The molecule has 1 fully saturated rings. The highest BCUT2D eigenvalue weighted by Crippen LogP contribution is 2.24. The smallest absolute Gasteiger partial charge is 0.246 e. The van der Waals surface area contributed by atoms with Gasteiger partial charge in [0.25, 0.3) is 0 Å². The van der Waals surface area contributed by atoms with Crippen molar-refractivity contribution in [1.29, 1.82) is 0 Å². The van der Waals surface area contributed by atoms with E-state index in [2.05, 4.69) is 0 Å². The van der Waals surface area contributed by atoms with E-state index in [0.717, 1.165) is 11.1 Å². The van der Waals surface area contributed by atoms with E-state index in [-0.39, 0.29) is 5.91 Å². The average molecular weight is 245 g/mol. The van der Waals surface area contributed by atoms with Crippen molar-refractivity contribution in [1.82, 2.24) is 4.90 Å². The molecule has 0 aromatic heterocycles. The molecule has 0 radical (unpaired) electrons. The van der Waals surface area contributed by atoms with Crippen LogP contribution in [0, 0.1) is 6.92 Å². The van der Waals surface area contributed by atoms with Gasteiger partial charge in [0.15, 0.2) is 0 Å². The number of likely N-dealkylation sites (tertiary alicyclic amines) is 1. The fourth-order valence-electron chi connectivity index (χ4n) is 2.08. The lowest BCUT2D eigenvalue weighted by molar-refractivity contribution is -0.150. The van der Waals surface area contributed by atoms with Gasteiger partial charge in [-0.05, 0) is 30.5 Å². The Hall–Kier alpha value is -1.61. The standard InChI is InChI=1S/C15H19NO2/c1-3-15(18)10-16(11-15)14(17)9-8-13-7-5-4-6-12(13)2/h4-9,18H,3,10-11H2,1-2H3. The molecular formula is C15H19NO2. The topological polar surface area (TPSA) is 40.5 Å². The summed E-state index contributed by atoms with van der Waals surface area (Å²) in [6, 6.07) is 7.93. The summed E-state index contributed by atoms with van der Waals surface area (Å²) >= 11 is 0. The molecule has 96 valence electrons. The summed E-state index contributed by atoms with van der Waals surface area (Å²) in [5.74, 6) is -0.0311. The van der Waals surface area contributed by atoms with Gasteiger partial charge in [0.05, 0.1) is 18.7 Å². The first-order valence-corrected chi connectivity index (χ1v) is 6.29. The molecule has 0 bridgehead atoms. The maximum absolute atomic E-state index is 11.8. The number of aliphatic hydroxyl groups is 1. The molecule has 1 aliphatic rings. The SMILES string of the molecule is CCC1(O)CN(C(=O)C=Cc2ccccc2C)C1. The number of hydrogen-bond acceptors (Lipinski definition) is 2. The Bertz CT molecular complexity index is 473. The number of β-amino-alcohol motifs (C(OH)–C–C–N with tert-alkyl or cyclic N) is 1. The first-order chi connectivity index (χ1) is 8.54. The summed E-state index contributed by atoms with van der Waals surface area (Å²) in [5, 5.41) is 9.85. The molecule has 1 aliphatic heterocycles. The Morgan fingerprint density at radius 1 is 1.44 bits per heavy atom. The first kappa shape index (κ1) is 12.8. The van der Waals surface area contributed by atoms with Crippen LogP contribution in [0.5, 0.6) is 0 Å². The molecule has 0 unspecified atom stereocenters. The van der Waals surface area contributed by atoms with Crippen LogP contribution in [0.15, 0.2) is 30.3 Å². The van der Waals surface area contributed by atoms with E-state index in [1.165, 1.54) is 0 Å². The lowest BCUT2D eigenvalue weighted by Crippen LogP contribution is -2.62. The Labute approximate surface area is 108 Å². The molecule has 3 heteroatoms. The van der Waals surface area contributed by atoms with Crippen LogP contribution in [0.2, 0.25) is 0 Å². The molecule has 0 saturated carbocycles. The number of nitrogens with zero attached hydrogens (tertiary/aromatic N) is 1. The van der Waals surface area contributed by atoms with Gasteiger partial charge in [0, 0.05) is 6.08 Å².